The van der Waals surface area contributed by atoms with Crippen LogP contribution in [0.2, 0.25) is 0 Å². The zero-order chi connectivity index (χ0) is 22.8. The number of hydrogen-bond acceptors (Lipinski definition) is 5. The largest absolute Gasteiger partial charge is 0.369 e. The van der Waals surface area contributed by atoms with Crippen molar-refractivity contribution in [3.8, 4) is 0 Å². The van der Waals surface area contributed by atoms with E-state index in [2.05, 4.69) is 84.2 Å². The third-order valence-corrected chi connectivity index (χ3v) is 5.76. The van der Waals surface area contributed by atoms with E-state index >= 15 is 0 Å². The summed E-state index contributed by atoms with van der Waals surface area (Å²) in [4.78, 5) is 17.6. The standard InChI is InChI=1S/C24H36N6O/c1-17-21(29(7)27-22(17)24(3,4)5)23(31)26-18(2)25-16-19-9-8-10-20(15-19)30-13-11-28(6)12-14-30/h8-10,15,25H,2,11-14,16H2,1,3-7H3,(H,26,31). The molecule has 1 aliphatic rings. The molecule has 0 saturated carbocycles. The van der Waals surface area contributed by atoms with Crippen LogP contribution in [0.1, 0.15) is 48.1 Å². The zero-order valence-electron chi connectivity index (χ0n) is 19.7. The molecule has 2 N–H and O–H groups in total. The first-order valence-electron chi connectivity index (χ1n) is 10.9. The van der Waals surface area contributed by atoms with Gasteiger partial charge in [0.15, 0.2) is 0 Å². The molecule has 0 unspecified atom stereocenters. The molecule has 0 radical (unpaired) electrons. The zero-order valence-corrected chi connectivity index (χ0v) is 19.7. The Hall–Kier alpha value is -2.80. The Balaban J connectivity index is 1.59. The highest BCUT2D eigenvalue weighted by atomic mass is 16.2. The van der Waals surface area contributed by atoms with Gasteiger partial charge in [-0.05, 0) is 31.7 Å². The van der Waals surface area contributed by atoms with Crippen LogP contribution < -0.4 is 15.5 Å². The Morgan fingerprint density at radius 3 is 2.45 bits per heavy atom. The fraction of sp³-hybridized carbons (Fsp3) is 0.500. The third-order valence-electron chi connectivity index (χ3n) is 5.76. The number of piperazine rings is 1. The fourth-order valence-corrected chi connectivity index (χ4v) is 4.04. The number of nitrogens with zero attached hydrogens (tertiary/aromatic N) is 4. The fourth-order valence-electron chi connectivity index (χ4n) is 4.04. The molecule has 0 atom stereocenters. The van der Waals surface area contributed by atoms with E-state index < -0.39 is 0 Å². The van der Waals surface area contributed by atoms with Crippen molar-refractivity contribution >= 4 is 11.6 Å². The van der Waals surface area contributed by atoms with Crippen LogP contribution in [0.15, 0.2) is 36.7 Å². The molecule has 1 amide bonds. The van der Waals surface area contributed by atoms with Gasteiger partial charge in [0.1, 0.15) is 5.69 Å². The second-order valence-corrected chi connectivity index (χ2v) is 9.44. The van der Waals surface area contributed by atoms with Gasteiger partial charge in [-0.1, -0.05) is 39.5 Å². The molecule has 0 aliphatic carbocycles. The molecule has 7 nitrogen and oxygen atoms in total. The molecule has 7 heteroatoms. The maximum absolute atomic E-state index is 12.9. The van der Waals surface area contributed by atoms with Crippen molar-refractivity contribution in [3.63, 3.8) is 0 Å². The third kappa shape index (κ3) is 5.47. The van der Waals surface area contributed by atoms with E-state index in [4.69, 9.17) is 0 Å². The summed E-state index contributed by atoms with van der Waals surface area (Å²) in [5.41, 5.74) is 4.66. The normalized spacial score (nSPS) is 15.1. The van der Waals surface area contributed by atoms with Crippen molar-refractivity contribution in [2.45, 2.75) is 39.7 Å². The number of aromatic nitrogens is 2. The van der Waals surface area contributed by atoms with Crippen molar-refractivity contribution in [1.82, 2.24) is 25.3 Å². The molecule has 0 bridgehead atoms. The summed E-state index contributed by atoms with van der Waals surface area (Å²) in [6.07, 6.45) is 0. The summed E-state index contributed by atoms with van der Waals surface area (Å²) in [6, 6.07) is 8.53. The smallest absolute Gasteiger partial charge is 0.275 e. The number of rotatable bonds is 6. The van der Waals surface area contributed by atoms with E-state index in [0.717, 1.165) is 43.0 Å². The van der Waals surface area contributed by atoms with Gasteiger partial charge in [0.2, 0.25) is 0 Å². The van der Waals surface area contributed by atoms with Crippen molar-refractivity contribution in [1.29, 1.82) is 0 Å². The maximum Gasteiger partial charge on any atom is 0.275 e. The first kappa shape index (κ1) is 22.9. The Morgan fingerprint density at radius 2 is 1.84 bits per heavy atom. The lowest BCUT2D eigenvalue weighted by Crippen LogP contribution is -2.44. The van der Waals surface area contributed by atoms with Crippen LogP contribution in [0.3, 0.4) is 0 Å². The summed E-state index contributed by atoms with van der Waals surface area (Å²) in [5, 5.41) is 10.7. The Labute approximate surface area is 186 Å². The highest BCUT2D eigenvalue weighted by Gasteiger charge is 2.26. The highest BCUT2D eigenvalue weighted by molar-refractivity contribution is 5.95. The van der Waals surface area contributed by atoms with Gasteiger partial charge in [0.25, 0.3) is 5.91 Å². The van der Waals surface area contributed by atoms with Crippen LogP contribution in [0.4, 0.5) is 5.69 Å². The topological polar surface area (TPSA) is 65.4 Å². The summed E-state index contributed by atoms with van der Waals surface area (Å²) >= 11 is 0. The molecule has 0 spiro atoms. The second kappa shape index (κ2) is 9.14. The van der Waals surface area contributed by atoms with Gasteiger partial charge in [-0.2, -0.15) is 5.10 Å². The Morgan fingerprint density at radius 1 is 1.16 bits per heavy atom. The predicted octanol–water partition coefficient (Wildman–Crippen LogP) is 2.77. The number of benzene rings is 1. The minimum absolute atomic E-state index is 0.121. The summed E-state index contributed by atoms with van der Waals surface area (Å²) in [6.45, 7) is 17.1. The lowest BCUT2D eigenvalue weighted by molar-refractivity contribution is 0.0953. The molecule has 168 valence electrons. The summed E-state index contributed by atoms with van der Waals surface area (Å²) in [7, 11) is 3.96. The van der Waals surface area contributed by atoms with E-state index in [1.165, 1.54) is 5.69 Å². The molecule has 1 fully saturated rings. The van der Waals surface area contributed by atoms with Gasteiger partial charge in [-0.3, -0.25) is 9.48 Å². The first-order valence-corrected chi connectivity index (χ1v) is 10.9. The number of hydrogen-bond donors (Lipinski definition) is 2. The van der Waals surface area contributed by atoms with Crippen LogP contribution in [-0.2, 0) is 19.0 Å². The monoisotopic (exact) mass is 424 g/mol. The number of amides is 1. The molecule has 3 rings (SSSR count). The number of anilines is 1. The molecule has 1 aromatic carbocycles. The SMILES string of the molecule is C=C(NCc1cccc(N2CCN(C)CC2)c1)NC(=O)c1c(C)c(C(C)(C)C)nn1C. The molecule has 1 aromatic heterocycles. The maximum atomic E-state index is 12.9. The van der Waals surface area contributed by atoms with Gasteiger partial charge in [0.05, 0.1) is 11.5 Å². The molecule has 2 aromatic rings. The van der Waals surface area contributed by atoms with Gasteiger partial charge >= 0.3 is 0 Å². The molecule has 31 heavy (non-hydrogen) atoms. The minimum atomic E-state index is -0.202. The van der Waals surface area contributed by atoms with Crippen LogP contribution in [-0.4, -0.2) is 53.8 Å². The van der Waals surface area contributed by atoms with Crippen LogP contribution in [0, 0.1) is 6.92 Å². The van der Waals surface area contributed by atoms with Gasteiger partial charge in [0, 0.05) is 56.4 Å². The second-order valence-electron chi connectivity index (χ2n) is 9.44. The van der Waals surface area contributed by atoms with Crippen molar-refractivity contribution in [2.75, 3.05) is 38.1 Å². The molecule has 2 heterocycles. The highest BCUT2D eigenvalue weighted by Crippen LogP contribution is 2.26. The Bertz CT molecular complexity index is 947. The number of likely N-dealkylation sites (N-methyl/N-ethyl adjacent to an activating group) is 1. The van der Waals surface area contributed by atoms with Crippen molar-refractivity contribution in [2.24, 2.45) is 7.05 Å². The van der Waals surface area contributed by atoms with Gasteiger partial charge in [-0.15, -0.1) is 0 Å². The van der Waals surface area contributed by atoms with E-state index in [1.54, 1.807) is 11.7 Å². The van der Waals surface area contributed by atoms with E-state index in [-0.39, 0.29) is 11.3 Å². The first-order chi connectivity index (χ1) is 14.6. The van der Waals surface area contributed by atoms with Crippen LogP contribution in [0.5, 0.6) is 0 Å². The number of nitrogens with one attached hydrogen (secondary N) is 2. The summed E-state index contributed by atoms with van der Waals surface area (Å²) in [5.74, 6) is 0.277. The van der Waals surface area contributed by atoms with Gasteiger partial charge in [-0.25, -0.2) is 0 Å². The number of aryl methyl sites for hydroxylation is 1. The minimum Gasteiger partial charge on any atom is -0.369 e. The van der Waals surface area contributed by atoms with E-state index in [9.17, 15) is 4.79 Å². The average molecular weight is 425 g/mol. The average Bonchev–Trinajstić information content (AvgIpc) is 3.01. The quantitative estimate of drug-likeness (QED) is 0.747. The van der Waals surface area contributed by atoms with Crippen LogP contribution >= 0.6 is 0 Å². The lowest BCUT2D eigenvalue weighted by atomic mass is 9.89. The molecule has 1 saturated heterocycles. The number of carbonyl (C=O) groups excluding carboxylic acids is 1. The predicted molar refractivity (Wildman–Crippen MR) is 126 cm³/mol. The van der Waals surface area contributed by atoms with Gasteiger partial charge < -0.3 is 20.4 Å². The van der Waals surface area contributed by atoms with E-state index in [1.807, 2.05) is 6.92 Å². The molecular formula is C24H36N6O. The Kier molecular flexibility index (Phi) is 6.74. The molecule has 1 aliphatic heterocycles. The van der Waals surface area contributed by atoms with Crippen LogP contribution in [0.25, 0.3) is 0 Å². The van der Waals surface area contributed by atoms with Crippen molar-refractivity contribution in [3.05, 3.63) is 59.2 Å². The van der Waals surface area contributed by atoms with E-state index in [0.29, 0.717) is 18.1 Å². The number of carbonyl (C=O) groups is 1. The summed E-state index contributed by atoms with van der Waals surface area (Å²) < 4.78 is 1.65. The molecular weight excluding hydrogens is 388 g/mol. The lowest BCUT2D eigenvalue weighted by Gasteiger charge is -2.34. The van der Waals surface area contributed by atoms with Crippen molar-refractivity contribution < 1.29 is 4.79 Å².